The van der Waals surface area contributed by atoms with Crippen molar-refractivity contribution in [3.05, 3.63) is 83.9 Å². The number of rotatable bonds is 5. The van der Waals surface area contributed by atoms with Crippen LogP contribution >= 0.6 is 0 Å². The third kappa shape index (κ3) is 2.94. The van der Waals surface area contributed by atoms with Crippen LogP contribution in [0.1, 0.15) is 29.3 Å². The maximum atomic E-state index is 2.24. The van der Waals surface area contributed by atoms with E-state index < -0.39 is 0 Å². The van der Waals surface area contributed by atoms with Crippen LogP contribution < -0.4 is 0 Å². The number of benzene rings is 1. The van der Waals surface area contributed by atoms with E-state index in [9.17, 15) is 0 Å². The Morgan fingerprint density at radius 1 is 0.762 bits per heavy atom. The van der Waals surface area contributed by atoms with Crippen molar-refractivity contribution in [1.29, 1.82) is 0 Å². The van der Waals surface area contributed by atoms with Crippen molar-refractivity contribution in [2.45, 2.75) is 18.8 Å². The van der Waals surface area contributed by atoms with E-state index in [1.54, 1.807) is 0 Å². The number of hydrogen-bond donors (Lipinski definition) is 0. The first kappa shape index (κ1) is 13.7. The Morgan fingerprint density at radius 3 is 1.81 bits per heavy atom. The molecular weight excluding hydrogens is 256 g/mol. The van der Waals surface area contributed by atoms with Gasteiger partial charge in [-0.2, -0.15) is 0 Å². The maximum Gasteiger partial charge on any atom is 0.0398 e. The Labute approximate surface area is 126 Å². The lowest BCUT2D eigenvalue weighted by atomic mass is 9.93. The van der Waals surface area contributed by atoms with Crippen molar-refractivity contribution in [1.82, 2.24) is 9.13 Å². The van der Waals surface area contributed by atoms with Gasteiger partial charge in [0, 0.05) is 43.8 Å². The fraction of sp³-hybridized carbons (Fsp3) is 0.263. The highest BCUT2D eigenvalue weighted by Crippen LogP contribution is 2.29. The van der Waals surface area contributed by atoms with Crippen molar-refractivity contribution < 1.29 is 0 Å². The number of aromatic nitrogens is 2. The molecule has 21 heavy (non-hydrogen) atoms. The van der Waals surface area contributed by atoms with Crippen LogP contribution in [0.3, 0.4) is 0 Å². The maximum absolute atomic E-state index is 2.24. The van der Waals surface area contributed by atoms with E-state index in [4.69, 9.17) is 0 Å². The van der Waals surface area contributed by atoms with Crippen LogP contribution in [-0.4, -0.2) is 9.13 Å². The molecule has 0 unspecified atom stereocenters. The minimum atomic E-state index is 0.435. The molecule has 0 spiro atoms. The number of nitrogens with zero attached hydrogens (tertiary/aromatic N) is 2. The molecule has 0 saturated carbocycles. The molecule has 0 aliphatic rings. The predicted molar refractivity (Wildman–Crippen MR) is 87.4 cm³/mol. The summed E-state index contributed by atoms with van der Waals surface area (Å²) in [6, 6.07) is 19.5. The van der Waals surface area contributed by atoms with Gasteiger partial charge in [-0.05, 0) is 42.7 Å². The summed E-state index contributed by atoms with van der Waals surface area (Å²) in [5, 5.41) is 0. The molecule has 3 aromatic rings. The summed E-state index contributed by atoms with van der Waals surface area (Å²) in [5.74, 6) is 0.435. The van der Waals surface area contributed by atoms with Gasteiger partial charge in [0.2, 0.25) is 0 Å². The van der Waals surface area contributed by atoms with E-state index in [1.165, 1.54) is 17.0 Å². The van der Waals surface area contributed by atoms with Gasteiger partial charge in [-0.3, -0.25) is 0 Å². The average Bonchev–Trinajstić information content (AvgIpc) is 3.11. The van der Waals surface area contributed by atoms with Gasteiger partial charge in [-0.25, -0.2) is 0 Å². The third-order valence-corrected chi connectivity index (χ3v) is 4.25. The summed E-state index contributed by atoms with van der Waals surface area (Å²) in [6.45, 7) is 0. The van der Waals surface area contributed by atoms with Crippen LogP contribution in [0.2, 0.25) is 0 Å². The van der Waals surface area contributed by atoms with Crippen molar-refractivity contribution in [2.24, 2.45) is 14.1 Å². The van der Waals surface area contributed by atoms with Gasteiger partial charge in [0.15, 0.2) is 0 Å². The Morgan fingerprint density at radius 2 is 1.33 bits per heavy atom. The van der Waals surface area contributed by atoms with Crippen LogP contribution in [0.5, 0.6) is 0 Å². The molecule has 0 saturated heterocycles. The van der Waals surface area contributed by atoms with E-state index in [2.05, 4.69) is 90.2 Å². The Kier molecular flexibility index (Phi) is 3.96. The zero-order valence-corrected chi connectivity index (χ0v) is 12.7. The van der Waals surface area contributed by atoms with E-state index >= 15 is 0 Å². The van der Waals surface area contributed by atoms with Gasteiger partial charge in [0.1, 0.15) is 0 Å². The molecule has 0 radical (unpaired) electrons. The van der Waals surface area contributed by atoms with Gasteiger partial charge in [0.05, 0.1) is 0 Å². The topological polar surface area (TPSA) is 9.86 Å². The van der Waals surface area contributed by atoms with Gasteiger partial charge < -0.3 is 9.13 Å². The Hall–Kier alpha value is -2.22. The molecule has 2 aromatic heterocycles. The second-order valence-corrected chi connectivity index (χ2v) is 5.66. The molecule has 0 fully saturated rings. The molecule has 0 amide bonds. The smallest absolute Gasteiger partial charge is 0.0398 e. The van der Waals surface area contributed by atoms with Crippen LogP contribution in [0.25, 0.3) is 0 Å². The largest absolute Gasteiger partial charge is 0.354 e. The Bertz CT molecular complexity index is 651. The molecule has 0 atom stereocenters. The summed E-state index contributed by atoms with van der Waals surface area (Å²) in [6.07, 6.45) is 6.49. The molecule has 0 aliphatic heterocycles. The molecular formula is C19H22N2. The first-order valence-corrected chi connectivity index (χ1v) is 7.52. The Balaban J connectivity index is 1.87. The van der Waals surface area contributed by atoms with Crippen molar-refractivity contribution in [2.75, 3.05) is 0 Å². The van der Waals surface area contributed by atoms with Crippen molar-refractivity contribution in [3.63, 3.8) is 0 Å². The molecule has 2 heteroatoms. The van der Waals surface area contributed by atoms with Crippen LogP contribution in [-0.2, 0) is 20.5 Å². The van der Waals surface area contributed by atoms with Crippen LogP contribution in [0.15, 0.2) is 67.0 Å². The van der Waals surface area contributed by atoms with Crippen LogP contribution in [0, 0.1) is 0 Å². The first-order valence-electron chi connectivity index (χ1n) is 7.52. The SMILES string of the molecule is Cn1cccc1C(CCc1ccccc1)c1cccn1C. The normalized spacial score (nSPS) is 11.2. The lowest BCUT2D eigenvalue weighted by molar-refractivity contribution is 0.622. The van der Waals surface area contributed by atoms with Crippen molar-refractivity contribution in [3.8, 4) is 0 Å². The summed E-state index contributed by atoms with van der Waals surface area (Å²) in [4.78, 5) is 0. The molecule has 0 N–H and O–H groups in total. The molecule has 2 nitrogen and oxygen atoms in total. The summed E-state index contributed by atoms with van der Waals surface area (Å²) >= 11 is 0. The molecule has 2 heterocycles. The zero-order chi connectivity index (χ0) is 14.7. The molecule has 3 rings (SSSR count). The quantitative estimate of drug-likeness (QED) is 0.664. The highest BCUT2D eigenvalue weighted by Gasteiger charge is 2.18. The zero-order valence-electron chi connectivity index (χ0n) is 12.7. The minimum Gasteiger partial charge on any atom is -0.354 e. The molecule has 0 aliphatic carbocycles. The number of hydrogen-bond acceptors (Lipinski definition) is 0. The third-order valence-electron chi connectivity index (χ3n) is 4.25. The van der Waals surface area contributed by atoms with Crippen LogP contribution in [0.4, 0.5) is 0 Å². The monoisotopic (exact) mass is 278 g/mol. The highest BCUT2D eigenvalue weighted by atomic mass is 15.0. The second kappa shape index (κ2) is 6.04. The van der Waals surface area contributed by atoms with Gasteiger partial charge in [0.25, 0.3) is 0 Å². The minimum absolute atomic E-state index is 0.435. The lowest BCUT2D eigenvalue weighted by Gasteiger charge is -2.19. The molecule has 1 aromatic carbocycles. The van der Waals surface area contributed by atoms with E-state index in [-0.39, 0.29) is 0 Å². The van der Waals surface area contributed by atoms with Gasteiger partial charge in [-0.1, -0.05) is 30.3 Å². The summed E-state index contributed by atoms with van der Waals surface area (Å²) < 4.78 is 4.48. The van der Waals surface area contributed by atoms with E-state index in [1.807, 2.05) is 0 Å². The fourth-order valence-electron chi connectivity index (χ4n) is 3.08. The first-order chi connectivity index (χ1) is 10.3. The second-order valence-electron chi connectivity index (χ2n) is 5.66. The van der Waals surface area contributed by atoms with Gasteiger partial charge in [-0.15, -0.1) is 0 Å². The molecule has 0 bridgehead atoms. The van der Waals surface area contributed by atoms with Crippen molar-refractivity contribution >= 4 is 0 Å². The summed E-state index contributed by atoms with van der Waals surface area (Å²) in [5.41, 5.74) is 4.17. The average molecular weight is 278 g/mol. The highest BCUT2D eigenvalue weighted by molar-refractivity contribution is 5.26. The van der Waals surface area contributed by atoms with E-state index in [0.717, 1.165) is 12.8 Å². The molecule has 108 valence electrons. The van der Waals surface area contributed by atoms with E-state index in [0.29, 0.717) is 5.92 Å². The lowest BCUT2D eigenvalue weighted by Crippen LogP contribution is -2.11. The van der Waals surface area contributed by atoms with Gasteiger partial charge >= 0.3 is 0 Å². The predicted octanol–water partition coefficient (Wildman–Crippen LogP) is 4.13. The fourth-order valence-corrected chi connectivity index (χ4v) is 3.08. The standard InChI is InChI=1S/C19H22N2/c1-20-14-6-10-18(20)17(19-11-7-15-21(19)2)13-12-16-8-4-3-5-9-16/h3-11,14-15,17H,12-13H2,1-2H3. The summed E-state index contributed by atoms with van der Waals surface area (Å²) in [7, 11) is 4.27. The number of aryl methyl sites for hydroxylation is 3.